The Balaban J connectivity index is 0.00000261. The van der Waals surface area contributed by atoms with Crippen LogP contribution in [0.5, 0.6) is 0 Å². The number of thioether (sulfide) groups is 1. The summed E-state index contributed by atoms with van der Waals surface area (Å²) in [4.78, 5) is 11.1. The molecule has 0 aliphatic carbocycles. The Hall–Kier alpha value is -0.450. The Morgan fingerprint density at radius 3 is 2.93 bits per heavy atom. The number of halogens is 2. The number of rotatable bonds is 5. The highest BCUT2D eigenvalue weighted by Gasteiger charge is 2.32. The van der Waals surface area contributed by atoms with Gasteiger partial charge < -0.3 is 20.3 Å². The van der Waals surface area contributed by atoms with E-state index in [-0.39, 0.29) is 28.7 Å². The monoisotopic (exact) mass is 525 g/mol. The van der Waals surface area contributed by atoms with E-state index in [1.807, 2.05) is 30.9 Å². The van der Waals surface area contributed by atoms with Crippen LogP contribution in [0.15, 0.2) is 23.3 Å². The van der Waals surface area contributed by atoms with Crippen LogP contribution in [0.2, 0.25) is 5.02 Å². The van der Waals surface area contributed by atoms with Gasteiger partial charge in [0.15, 0.2) is 5.96 Å². The van der Waals surface area contributed by atoms with Gasteiger partial charge in [0, 0.05) is 56.9 Å². The summed E-state index contributed by atoms with van der Waals surface area (Å²) in [5, 5.41) is 7.78. The van der Waals surface area contributed by atoms with Crippen molar-refractivity contribution in [2.45, 2.75) is 30.1 Å². The number of aliphatic imine (C=N–C) groups is 1. The lowest BCUT2D eigenvalue weighted by molar-refractivity contribution is 0.0782. The van der Waals surface area contributed by atoms with Crippen LogP contribution in [0.3, 0.4) is 0 Å². The number of guanidine groups is 1. The number of pyridine rings is 1. The molecule has 0 radical (unpaired) electrons. The Morgan fingerprint density at radius 2 is 2.26 bits per heavy atom. The van der Waals surface area contributed by atoms with Crippen molar-refractivity contribution in [2.24, 2.45) is 4.99 Å². The first-order chi connectivity index (χ1) is 12.7. The number of hydrogen-bond acceptors (Lipinski definition) is 5. The molecule has 0 amide bonds. The zero-order valence-electron chi connectivity index (χ0n) is 15.9. The van der Waals surface area contributed by atoms with E-state index in [1.54, 1.807) is 6.20 Å². The minimum atomic E-state index is 0. The molecule has 1 atom stereocenters. The van der Waals surface area contributed by atoms with Crippen molar-refractivity contribution in [2.75, 3.05) is 51.1 Å². The maximum Gasteiger partial charge on any atom is 0.191 e. The topological polar surface area (TPSA) is 61.8 Å². The molecule has 3 rings (SSSR count). The highest BCUT2D eigenvalue weighted by molar-refractivity contribution is 14.0. The van der Waals surface area contributed by atoms with E-state index in [4.69, 9.17) is 16.3 Å². The molecule has 0 saturated carbocycles. The van der Waals surface area contributed by atoms with Crippen molar-refractivity contribution >= 4 is 59.1 Å². The average Bonchev–Trinajstić information content (AvgIpc) is 3.14. The first-order valence-electron chi connectivity index (χ1n) is 9.11. The highest BCUT2D eigenvalue weighted by Crippen LogP contribution is 2.33. The summed E-state index contributed by atoms with van der Waals surface area (Å²) < 4.78 is 5.76. The molecule has 0 bridgehead atoms. The summed E-state index contributed by atoms with van der Waals surface area (Å²) in [6.07, 6.45) is 7.17. The predicted octanol–water partition coefficient (Wildman–Crippen LogP) is 3.01. The van der Waals surface area contributed by atoms with Crippen LogP contribution < -0.4 is 15.5 Å². The fraction of sp³-hybridized carbons (Fsp3) is 0.667. The summed E-state index contributed by atoms with van der Waals surface area (Å²) in [6.45, 7) is 4.41. The van der Waals surface area contributed by atoms with Gasteiger partial charge in [-0.1, -0.05) is 11.6 Å². The van der Waals surface area contributed by atoms with Gasteiger partial charge in [0.25, 0.3) is 0 Å². The van der Waals surface area contributed by atoms with Gasteiger partial charge in [-0.3, -0.25) is 4.99 Å². The molecule has 2 N–H and O–H groups in total. The number of ether oxygens (including phenoxy) is 1. The molecule has 0 aromatic carbocycles. The quantitative estimate of drug-likeness (QED) is 0.350. The molecule has 1 aromatic heterocycles. The molecule has 1 unspecified atom stereocenters. The molecule has 152 valence electrons. The number of aromatic nitrogens is 1. The van der Waals surface area contributed by atoms with Gasteiger partial charge in [-0.2, -0.15) is 11.8 Å². The molecular formula is C18H29ClIN5OS. The highest BCUT2D eigenvalue weighted by atomic mass is 127. The molecule has 2 aliphatic heterocycles. The summed E-state index contributed by atoms with van der Waals surface area (Å²) >= 11 is 8.21. The first kappa shape index (κ1) is 22.8. The molecule has 2 fully saturated rings. The molecular weight excluding hydrogens is 497 g/mol. The van der Waals surface area contributed by atoms with Crippen molar-refractivity contribution < 1.29 is 4.74 Å². The second kappa shape index (κ2) is 10.9. The zero-order valence-corrected chi connectivity index (χ0v) is 19.8. The summed E-state index contributed by atoms with van der Waals surface area (Å²) in [5.41, 5.74) is 0. The second-order valence-corrected chi connectivity index (χ2v) is 8.49. The fourth-order valence-electron chi connectivity index (χ4n) is 3.51. The minimum Gasteiger partial charge on any atom is -0.381 e. The molecule has 1 aromatic rings. The maximum absolute atomic E-state index is 6.28. The van der Waals surface area contributed by atoms with Crippen molar-refractivity contribution in [1.29, 1.82) is 0 Å². The van der Waals surface area contributed by atoms with Crippen molar-refractivity contribution in [3.8, 4) is 0 Å². The number of hydrogen-bond donors (Lipinski definition) is 2. The van der Waals surface area contributed by atoms with E-state index in [2.05, 4.69) is 31.8 Å². The Bertz CT molecular complexity index is 630. The second-order valence-electron chi connectivity index (χ2n) is 6.81. The summed E-state index contributed by atoms with van der Waals surface area (Å²) in [7, 11) is 1.83. The lowest BCUT2D eigenvalue weighted by Gasteiger charge is -2.36. The zero-order chi connectivity index (χ0) is 18.4. The smallest absolute Gasteiger partial charge is 0.191 e. The van der Waals surface area contributed by atoms with Crippen molar-refractivity contribution in [3.05, 3.63) is 23.4 Å². The summed E-state index contributed by atoms with van der Waals surface area (Å²) in [5.74, 6) is 1.73. The third-order valence-electron chi connectivity index (χ3n) is 5.21. The number of nitrogens with one attached hydrogen (secondary N) is 2. The van der Waals surface area contributed by atoms with Crippen LogP contribution in [0.25, 0.3) is 0 Å². The Kier molecular flexibility index (Phi) is 9.24. The first-order valence-corrected chi connectivity index (χ1v) is 10.7. The fourth-order valence-corrected chi connectivity index (χ4v) is 4.54. The van der Waals surface area contributed by atoms with E-state index in [9.17, 15) is 0 Å². The van der Waals surface area contributed by atoms with Gasteiger partial charge in [-0.15, -0.1) is 24.0 Å². The van der Waals surface area contributed by atoms with Crippen LogP contribution >= 0.6 is 47.3 Å². The maximum atomic E-state index is 6.28. The van der Waals surface area contributed by atoms with Gasteiger partial charge in [0.05, 0.1) is 5.02 Å². The van der Waals surface area contributed by atoms with Crippen molar-refractivity contribution in [3.63, 3.8) is 0 Å². The number of anilines is 1. The van der Waals surface area contributed by atoms with Gasteiger partial charge in [-0.25, -0.2) is 4.98 Å². The standard InChI is InChI=1S/C18H28ClN5OS.HI/c1-20-17(22-13-18(26-2)6-10-25-11-7-18)23-14-5-9-24(12-14)16-15(19)4-3-8-21-16;/h3-4,8,14H,5-7,9-13H2,1-2H3,(H2,20,22,23);1H. The van der Waals surface area contributed by atoms with E-state index in [1.165, 1.54) is 0 Å². The number of nitrogens with zero attached hydrogens (tertiary/aromatic N) is 3. The molecule has 2 aliphatic rings. The minimum absolute atomic E-state index is 0. The van der Waals surface area contributed by atoms with Crippen LogP contribution in [-0.2, 0) is 4.74 Å². The average molecular weight is 526 g/mol. The molecule has 2 saturated heterocycles. The van der Waals surface area contributed by atoms with E-state index in [0.29, 0.717) is 11.1 Å². The van der Waals surface area contributed by atoms with E-state index in [0.717, 1.165) is 63.9 Å². The normalized spacial score (nSPS) is 22.3. The van der Waals surface area contributed by atoms with Crippen LogP contribution in [-0.4, -0.2) is 67.9 Å². The SMILES string of the molecule is CN=C(NCC1(SC)CCOCC1)NC1CCN(c2ncccc2Cl)C1.I. The van der Waals surface area contributed by atoms with Gasteiger partial charge in [0.2, 0.25) is 0 Å². The van der Waals surface area contributed by atoms with E-state index < -0.39 is 0 Å². The van der Waals surface area contributed by atoms with E-state index >= 15 is 0 Å². The molecule has 0 spiro atoms. The Morgan fingerprint density at radius 1 is 1.48 bits per heavy atom. The largest absolute Gasteiger partial charge is 0.381 e. The van der Waals surface area contributed by atoms with Crippen LogP contribution in [0.4, 0.5) is 5.82 Å². The van der Waals surface area contributed by atoms with Gasteiger partial charge in [0.1, 0.15) is 5.82 Å². The Labute approximate surface area is 188 Å². The molecule has 3 heterocycles. The third-order valence-corrected chi connectivity index (χ3v) is 6.92. The van der Waals surface area contributed by atoms with Gasteiger partial charge in [-0.05, 0) is 37.7 Å². The summed E-state index contributed by atoms with van der Waals surface area (Å²) in [6, 6.07) is 4.08. The van der Waals surface area contributed by atoms with Crippen LogP contribution in [0.1, 0.15) is 19.3 Å². The lowest BCUT2D eigenvalue weighted by Crippen LogP contribution is -2.50. The lowest BCUT2D eigenvalue weighted by atomic mass is 9.99. The predicted molar refractivity (Wildman–Crippen MR) is 126 cm³/mol. The third kappa shape index (κ3) is 6.01. The van der Waals surface area contributed by atoms with Crippen LogP contribution in [0, 0.1) is 0 Å². The molecule has 27 heavy (non-hydrogen) atoms. The molecule has 9 heteroatoms. The molecule has 6 nitrogen and oxygen atoms in total. The van der Waals surface area contributed by atoms with Crippen molar-refractivity contribution in [1.82, 2.24) is 15.6 Å². The van der Waals surface area contributed by atoms with Gasteiger partial charge >= 0.3 is 0 Å².